The van der Waals surface area contributed by atoms with Crippen LogP contribution in [0.2, 0.25) is 0 Å². The molecule has 0 saturated carbocycles. The summed E-state index contributed by atoms with van der Waals surface area (Å²) in [7, 11) is 0. The van der Waals surface area contributed by atoms with Crippen molar-refractivity contribution in [2.45, 2.75) is 46.3 Å². The highest BCUT2D eigenvalue weighted by molar-refractivity contribution is 5.92. The topological polar surface area (TPSA) is 94.1 Å². The number of halogens is 3. The molecule has 0 bridgehead atoms. The van der Waals surface area contributed by atoms with E-state index in [-0.39, 0.29) is 35.5 Å². The number of pyridine rings is 1. The van der Waals surface area contributed by atoms with Crippen LogP contribution in [0.3, 0.4) is 0 Å². The molecule has 0 saturated heterocycles. The van der Waals surface area contributed by atoms with Crippen molar-refractivity contribution in [1.82, 2.24) is 20.3 Å². The van der Waals surface area contributed by atoms with E-state index in [0.717, 1.165) is 0 Å². The number of carbonyl (C=O) groups excluding carboxylic acids is 2. The van der Waals surface area contributed by atoms with E-state index >= 15 is 0 Å². The van der Waals surface area contributed by atoms with E-state index in [1.54, 1.807) is 33.8 Å². The molecular weight excluding hydrogens is 401 g/mol. The molecule has 0 aliphatic rings. The fraction of sp³-hybridized carbons (Fsp3) is 0.450. The van der Waals surface area contributed by atoms with E-state index in [1.807, 2.05) is 0 Å². The Kier molecular flexibility index (Phi) is 7.47. The van der Waals surface area contributed by atoms with Gasteiger partial charge in [0.2, 0.25) is 5.88 Å². The Hall–Kier alpha value is -3.04. The number of nitrogens with zero attached hydrogens (tertiary/aromatic N) is 3. The van der Waals surface area contributed by atoms with E-state index in [1.165, 1.54) is 18.5 Å². The maximum atomic E-state index is 12.5. The number of ketones is 1. The van der Waals surface area contributed by atoms with Crippen LogP contribution in [0.4, 0.5) is 13.2 Å². The number of nitrogens with one attached hydrogen (secondary N) is 1. The Bertz CT molecular complexity index is 916. The highest BCUT2D eigenvalue weighted by Crippen LogP contribution is 2.22. The molecular formula is C20H23F3N4O3. The number of hydrogen-bond acceptors (Lipinski definition) is 6. The zero-order valence-electron chi connectivity index (χ0n) is 17.1. The third-order valence-corrected chi connectivity index (χ3v) is 4.19. The van der Waals surface area contributed by atoms with E-state index < -0.39 is 24.7 Å². The summed E-state index contributed by atoms with van der Waals surface area (Å²) in [6.45, 7) is 5.39. The van der Waals surface area contributed by atoms with Gasteiger partial charge in [-0.1, -0.05) is 13.8 Å². The fourth-order valence-corrected chi connectivity index (χ4v) is 2.45. The molecule has 0 spiro atoms. The van der Waals surface area contributed by atoms with Crippen molar-refractivity contribution < 1.29 is 27.5 Å². The first-order valence-corrected chi connectivity index (χ1v) is 9.28. The molecule has 1 amide bonds. The van der Waals surface area contributed by atoms with Crippen LogP contribution in [0.1, 0.15) is 54.3 Å². The average molecular weight is 424 g/mol. The van der Waals surface area contributed by atoms with E-state index in [9.17, 15) is 22.8 Å². The maximum Gasteiger partial charge on any atom is 0.422 e. The van der Waals surface area contributed by atoms with Crippen molar-refractivity contribution in [1.29, 1.82) is 0 Å². The second-order valence-electron chi connectivity index (χ2n) is 7.15. The summed E-state index contributed by atoms with van der Waals surface area (Å²) in [5.74, 6) is -0.527. The number of hydrogen-bond donors (Lipinski definition) is 1. The number of amides is 1. The summed E-state index contributed by atoms with van der Waals surface area (Å²) in [4.78, 5) is 36.4. The van der Waals surface area contributed by atoms with Gasteiger partial charge in [-0.3, -0.25) is 9.59 Å². The fourth-order valence-electron chi connectivity index (χ4n) is 2.45. The molecule has 0 aliphatic carbocycles. The predicted octanol–water partition coefficient (Wildman–Crippen LogP) is 3.38. The Morgan fingerprint density at radius 3 is 2.50 bits per heavy atom. The van der Waals surface area contributed by atoms with Crippen LogP contribution in [0, 0.1) is 12.8 Å². The first-order valence-electron chi connectivity index (χ1n) is 9.28. The number of rotatable bonds is 8. The van der Waals surface area contributed by atoms with Crippen molar-refractivity contribution in [3.8, 4) is 5.88 Å². The van der Waals surface area contributed by atoms with Crippen LogP contribution in [0.5, 0.6) is 5.88 Å². The minimum atomic E-state index is -4.45. The molecule has 30 heavy (non-hydrogen) atoms. The minimum absolute atomic E-state index is 0.0321. The summed E-state index contributed by atoms with van der Waals surface area (Å²) in [5.41, 5.74) is 1.11. The Morgan fingerprint density at radius 2 is 1.90 bits per heavy atom. The highest BCUT2D eigenvalue weighted by Gasteiger charge is 2.29. The molecule has 0 radical (unpaired) electrons. The average Bonchev–Trinajstić information content (AvgIpc) is 2.66. The first kappa shape index (κ1) is 23.2. The second kappa shape index (κ2) is 9.64. The highest BCUT2D eigenvalue weighted by atomic mass is 19.4. The molecule has 2 aromatic rings. The number of alkyl halides is 3. The first-order chi connectivity index (χ1) is 14.0. The number of aromatic nitrogens is 3. The molecule has 2 rings (SSSR count). The summed E-state index contributed by atoms with van der Waals surface area (Å²) in [6.07, 6.45) is -1.66. The minimum Gasteiger partial charge on any atom is -0.468 e. The molecule has 2 heterocycles. The zero-order chi connectivity index (χ0) is 22.5. The van der Waals surface area contributed by atoms with Crippen LogP contribution in [-0.2, 0) is 11.2 Å². The van der Waals surface area contributed by atoms with Gasteiger partial charge in [0.25, 0.3) is 5.91 Å². The van der Waals surface area contributed by atoms with E-state index in [2.05, 4.69) is 25.0 Å². The second-order valence-corrected chi connectivity index (χ2v) is 7.15. The van der Waals surface area contributed by atoms with Gasteiger partial charge in [-0.15, -0.1) is 0 Å². The van der Waals surface area contributed by atoms with Crippen LogP contribution < -0.4 is 10.1 Å². The van der Waals surface area contributed by atoms with Crippen LogP contribution >= 0.6 is 0 Å². The Labute approximate surface area is 172 Å². The number of carbonyl (C=O) groups is 2. The van der Waals surface area contributed by atoms with Gasteiger partial charge in [0, 0.05) is 23.9 Å². The van der Waals surface area contributed by atoms with Gasteiger partial charge in [-0.25, -0.2) is 15.0 Å². The van der Waals surface area contributed by atoms with Gasteiger partial charge in [0.05, 0.1) is 12.5 Å². The molecule has 162 valence electrons. The van der Waals surface area contributed by atoms with Gasteiger partial charge in [0.1, 0.15) is 17.3 Å². The lowest BCUT2D eigenvalue weighted by molar-refractivity contribution is -0.154. The quantitative estimate of drug-likeness (QED) is 0.698. The lowest BCUT2D eigenvalue weighted by Gasteiger charge is -2.16. The predicted molar refractivity (Wildman–Crippen MR) is 102 cm³/mol. The summed E-state index contributed by atoms with van der Waals surface area (Å²) >= 11 is 0. The molecule has 0 aliphatic heterocycles. The third kappa shape index (κ3) is 6.78. The summed E-state index contributed by atoms with van der Waals surface area (Å²) in [6, 6.07) is 2.54. The van der Waals surface area contributed by atoms with Crippen molar-refractivity contribution in [3.05, 3.63) is 47.2 Å². The van der Waals surface area contributed by atoms with Crippen molar-refractivity contribution in [3.63, 3.8) is 0 Å². The molecule has 1 N–H and O–H groups in total. The Balaban J connectivity index is 2.05. The van der Waals surface area contributed by atoms with Gasteiger partial charge in [0.15, 0.2) is 6.61 Å². The molecule has 10 heteroatoms. The number of ether oxygens (including phenoxy) is 1. The maximum absolute atomic E-state index is 12.5. The van der Waals surface area contributed by atoms with Gasteiger partial charge in [-0.05, 0) is 31.5 Å². The molecule has 1 unspecified atom stereocenters. The molecule has 0 aromatic carbocycles. The number of Topliss-reactive ketones (excluding diaryl/α,β-unsaturated/α-hetero) is 1. The zero-order valence-corrected chi connectivity index (χ0v) is 17.1. The van der Waals surface area contributed by atoms with Crippen LogP contribution in [0.15, 0.2) is 24.5 Å². The lowest BCUT2D eigenvalue weighted by Crippen LogP contribution is -2.28. The largest absolute Gasteiger partial charge is 0.468 e. The van der Waals surface area contributed by atoms with Crippen LogP contribution in [0.25, 0.3) is 0 Å². The van der Waals surface area contributed by atoms with Crippen molar-refractivity contribution in [2.24, 2.45) is 5.92 Å². The van der Waals surface area contributed by atoms with Gasteiger partial charge >= 0.3 is 6.18 Å². The molecule has 1 atom stereocenters. The normalized spacial score (nSPS) is 12.5. The Morgan fingerprint density at radius 1 is 1.20 bits per heavy atom. The van der Waals surface area contributed by atoms with Crippen molar-refractivity contribution >= 4 is 11.7 Å². The van der Waals surface area contributed by atoms with Crippen molar-refractivity contribution in [2.75, 3.05) is 6.61 Å². The summed E-state index contributed by atoms with van der Waals surface area (Å²) in [5, 5.41) is 2.74. The SMILES string of the molecule is Cc1cc(C(C)NC(=O)c2ccnc(CC(=O)C(C)C)n2)cnc1OCC(F)(F)F. The van der Waals surface area contributed by atoms with E-state index in [0.29, 0.717) is 11.1 Å². The summed E-state index contributed by atoms with van der Waals surface area (Å²) < 4.78 is 41.6. The van der Waals surface area contributed by atoms with Gasteiger partial charge < -0.3 is 10.1 Å². The molecule has 0 fully saturated rings. The molecule has 7 nitrogen and oxygen atoms in total. The lowest BCUT2D eigenvalue weighted by atomic mass is 10.1. The van der Waals surface area contributed by atoms with E-state index in [4.69, 9.17) is 0 Å². The third-order valence-electron chi connectivity index (χ3n) is 4.19. The standard InChI is InChI=1S/C20H23F3N4O3/c1-11(2)16(28)8-17-24-6-5-15(27-17)18(29)26-13(4)14-7-12(3)19(25-9-14)30-10-20(21,22)23/h5-7,9,11,13H,8,10H2,1-4H3,(H,26,29). The van der Waals surface area contributed by atoms with Crippen LogP contribution in [-0.4, -0.2) is 39.4 Å². The van der Waals surface area contributed by atoms with Gasteiger partial charge in [-0.2, -0.15) is 13.2 Å². The smallest absolute Gasteiger partial charge is 0.422 e. The number of aryl methyl sites for hydroxylation is 1. The monoisotopic (exact) mass is 424 g/mol. The molecule has 2 aromatic heterocycles.